The van der Waals surface area contributed by atoms with E-state index in [9.17, 15) is 18.8 Å². The van der Waals surface area contributed by atoms with Crippen LogP contribution in [0.4, 0.5) is 9.18 Å². The SMILES string of the molecule is CC(C)(C)OC(=O)N[C@@H](CNC(=O)/C=C/c1cccc(Cl)c1F)C(=O)OC(C)(C)C. The molecule has 1 aromatic carbocycles. The van der Waals surface area contributed by atoms with Gasteiger partial charge in [0.25, 0.3) is 0 Å². The Labute approximate surface area is 180 Å². The molecule has 2 amide bonds. The molecule has 1 aromatic rings. The fourth-order valence-corrected chi connectivity index (χ4v) is 2.27. The number of esters is 1. The van der Waals surface area contributed by atoms with E-state index in [0.29, 0.717) is 0 Å². The second-order valence-electron chi connectivity index (χ2n) is 8.45. The Morgan fingerprint density at radius 1 is 1.10 bits per heavy atom. The van der Waals surface area contributed by atoms with Crippen LogP contribution < -0.4 is 10.6 Å². The molecule has 7 nitrogen and oxygen atoms in total. The Morgan fingerprint density at radius 2 is 1.70 bits per heavy atom. The van der Waals surface area contributed by atoms with Crippen molar-refractivity contribution in [2.24, 2.45) is 0 Å². The van der Waals surface area contributed by atoms with Crippen molar-refractivity contribution in [3.8, 4) is 0 Å². The van der Waals surface area contributed by atoms with Crippen LogP contribution in [0.15, 0.2) is 24.3 Å². The lowest BCUT2D eigenvalue weighted by Gasteiger charge is -2.26. The maximum Gasteiger partial charge on any atom is 0.408 e. The van der Waals surface area contributed by atoms with Crippen LogP contribution in [0, 0.1) is 5.82 Å². The van der Waals surface area contributed by atoms with Crippen LogP contribution >= 0.6 is 11.6 Å². The molecule has 166 valence electrons. The van der Waals surface area contributed by atoms with Crippen molar-refractivity contribution < 1.29 is 28.2 Å². The van der Waals surface area contributed by atoms with E-state index in [1.807, 2.05) is 0 Å². The van der Waals surface area contributed by atoms with Gasteiger partial charge in [-0.25, -0.2) is 14.0 Å². The first-order valence-corrected chi connectivity index (χ1v) is 9.68. The fraction of sp³-hybridized carbons (Fsp3) is 0.476. The topological polar surface area (TPSA) is 93.7 Å². The molecule has 0 fully saturated rings. The lowest BCUT2D eigenvalue weighted by molar-refractivity contribution is -0.157. The molecule has 2 N–H and O–H groups in total. The van der Waals surface area contributed by atoms with Gasteiger partial charge in [0.2, 0.25) is 5.91 Å². The van der Waals surface area contributed by atoms with Crippen LogP contribution in [-0.4, -0.2) is 41.8 Å². The first kappa shape index (κ1) is 25.4. The number of amides is 2. The minimum Gasteiger partial charge on any atom is -0.458 e. The molecule has 0 bridgehead atoms. The summed E-state index contributed by atoms with van der Waals surface area (Å²) in [5.41, 5.74) is -1.43. The molecule has 0 aliphatic carbocycles. The Bertz CT molecular complexity index is 813. The number of nitrogens with one attached hydrogen (secondary N) is 2. The van der Waals surface area contributed by atoms with Gasteiger partial charge in [0.1, 0.15) is 23.1 Å². The summed E-state index contributed by atoms with van der Waals surface area (Å²) in [7, 11) is 0. The van der Waals surface area contributed by atoms with Gasteiger partial charge >= 0.3 is 12.1 Å². The molecular formula is C21H28ClFN2O5. The molecule has 0 saturated heterocycles. The highest BCUT2D eigenvalue weighted by molar-refractivity contribution is 6.30. The molecule has 0 aliphatic rings. The molecule has 0 unspecified atom stereocenters. The third-order valence-electron chi connectivity index (χ3n) is 3.26. The second-order valence-corrected chi connectivity index (χ2v) is 8.86. The normalized spacial score (nSPS) is 12.9. The third-order valence-corrected chi connectivity index (χ3v) is 3.55. The molecule has 0 aromatic heterocycles. The van der Waals surface area contributed by atoms with E-state index >= 15 is 0 Å². The van der Waals surface area contributed by atoms with E-state index in [2.05, 4.69) is 10.6 Å². The molecule has 0 saturated carbocycles. The molecule has 0 radical (unpaired) electrons. The van der Waals surface area contributed by atoms with E-state index in [4.69, 9.17) is 21.1 Å². The van der Waals surface area contributed by atoms with Gasteiger partial charge in [0.15, 0.2) is 0 Å². The zero-order chi connectivity index (χ0) is 23.1. The highest BCUT2D eigenvalue weighted by Gasteiger charge is 2.28. The van der Waals surface area contributed by atoms with Crippen LogP contribution in [0.3, 0.4) is 0 Å². The number of alkyl carbamates (subject to hydrolysis) is 1. The zero-order valence-corrected chi connectivity index (χ0v) is 18.7. The summed E-state index contributed by atoms with van der Waals surface area (Å²) in [5, 5.41) is 4.79. The largest absolute Gasteiger partial charge is 0.458 e. The molecule has 1 rings (SSSR count). The zero-order valence-electron chi connectivity index (χ0n) is 18.0. The van der Waals surface area contributed by atoms with E-state index in [1.54, 1.807) is 47.6 Å². The minimum absolute atomic E-state index is 0.0656. The molecular weight excluding hydrogens is 415 g/mol. The van der Waals surface area contributed by atoms with Crippen molar-refractivity contribution in [3.05, 3.63) is 40.7 Å². The van der Waals surface area contributed by atoms with Crippen molar-refractivity contribution in [1.82, 2.24) is 10.6 Å². The van der Waals surface area contributed by atoms with Crippen molar-refractivity contribution in [2.45, 2.75) is 58.8 Å². The van der Waals surface area contributed by atoms with Crippen LogP contribution in [0.5, 0.6) is 0 Å². The standard InChI is InChI=1S/C21H28ClFN2O5/c1-20(2,3)29-18(27)15(25-19(28)30-21(4,5)6)12-24-16(26)11-10-13-8-7-9-14(22)17(13)23/h7-11,15H,12H2,1-6H3,(H,24,26)(H,25,28)/b11-10+/t15-/m0/s1. The molecule has 9 heteroatoms. The van der Waals surface area contributed by atoms with Gasteiger partial charge in [0.05, 0.1) is 5.02 Å². The predicted molar refractivity (Wildman–Crippen MR) is 112 cm³/mol. The lowest BCUT2D eigenvalue weighted by atomic mass is 10.2. The van der Waals surface area contributed by atoms with E-state index in [1.165, 1.54) is 18.2 Å². The molecule has 30 heavy (non-hydrogen) atoms. The van der Waals surface area contributed by atoms with Gasteiger partial charge in [-0.2, -0.15) is 0 Å². The number of rotatable bonds is 6. The van der Waals surface area contributed by atoms with Crippen LogP contribution in [-0.2, 0) is 19.1 Å². The van der Waals surface area contributed by atoms with Gasteiger partial charge in [-0.15, -0.1) is 0 Å². The first-order valence-electron chi connectivity index (χ1n) is 9.30. The van der Waals surface area contributed by atoms with Gasteiger partial charge in [0, 0.05) is 18.2 Å². The molecule has 0 aliphatic heterocycles. The molecule has 0 heterocycles. The second kappa shape index (κ2) is 10.4. The highest BCUT2D eigenvalue weighted by Crippen LogP contribution is 2.18. The summed E-state index contributed by atoms with van der Waals surface area (Å²) >= 11 is 5.70. The summed E-state index contributed by atoms with van der Waals surface area (Å²) in [5.74, 6) is -1.99. The number of carbonyl (C=O) groups is 3. The Morgan fingerprint density at radius 3 is 2.27 bits per heavy atom. The van der Waals surface area contributed by atoms with E-state index in [0.717, 1.165) is 6.08 Å². The van der Waals surface area contributed by atoms with Crippen molar-refractivity contribution in [2.75, 3.05) is 6.54 Å². The number of carbonyl (C=O) groups excluding carboxylic acids is 3. The predicted octanol–water partition coefficient (Wildman–Crippen LogP) is 3.84. The van der Waals surface area contributed by atoms with Crippen molar-refractivity contribution in [1.29, 1.82) is 0 Å². The van der Waals surface area contributed by atoms with Crippen LogP contribution in [0.2, 0.25) is 5.02 Å². The maximum absolute atomic E-state index is 13.9. The number of hydrogen-bond donors (Lipinski definition) is 2. The van der Waals surface area contributed by atoms with E-state index < -0.39 is 41.0 Å². The van der Waals surface area contributed by atoms with Crippen LogP contribution in [0.25, 0.3) is 6.08 Å². The Hall–Kier alpha value is -2.61. The molecule has 0 spiro atoms. The van der Waals surface area contributed by atoms with Gasteiger partial charge in [-0.05, 0) is 53.7 Å². The summed E-state index contributed by atoms with van der Waals surface area (Å²) in [6, 6.07) is 3.21. The minimum atomic E-state index is -1.18. The first-order chi connectivity index (χ1) is 13.7. The van der Waals surface area contributed by atoms with Crippen molar-refractivity contribution in [3.63, 3.8) is 0 Å². The van der Waals surface area contributed by atoms with Crippen LogP contribution in [0.1, 0.15) is 47.1 Å². The summed E-state index contributed by atoms with van der Waals surface area (Å²) in [6.07, 6.45) is 1.51. The Balaban J connectivity index is 2.81. The van der Waals surface area contributed by atoms with Gasteiger partial charge < -0.3 is 20.1 Å². The average Bonchev–Trinajstić information content (AvgIpc) is 2.56. The Kier molecular flexibility index (Phi) is 8.84. The van der Waals surface area contributed by atoms with Gasteiger partial charge in [-0.3, -0.25) is 4.79 Å². The number of ether oxygens (including phenoxy) is 2. The maximum atomic E-state index is 13.9. The third kappa shape index (κ3) is 9.73. The quantitative estimate of drug-likeness (QED) is 0.515. The average molecular weight is 443 g/mol. The summed E-state index contributed by atoms with van der Waals surface area (Å²) in [6.45, 7) is 9.81. The fourth-order valence-electron chi connectivity index (χ4n) is 2.09. The number of benzene rings is 1. The van der Waals surface area contributed by atoms with Crippen molar-refractivity contribution >= 4 is 35.6 Å². The lowest BCUT2D eigenvalue weighted by Crippen LogP contribution is -2.51. The smallest absolute Gasteiger partial charge is 0.408 e. The van der Waals surface area contributed by atoms with E-state index in [-0.39, 0.29) is 17.1 Å². The highest BCUT2D eigenvalue weighted by atomic mass is 35.5. The number of hydrogen-bond acceptors (Lipinski definition) is 5. The molecule has 1 atom stereocenters. The summed E-state index contributed by atoms with van der Waals surface area (Å²) in [4.78, 5) is 36.5. The van der Waals surface area contributed by atoms with Gasteiger partial charge in [-0.1, -0.05) is 23.7 Å². The number of halogens is 2. The monoisotopic (exact) mass is 442 g/mol. The summed E-state index contributed by atoms with van der Waals surface area (Å²) < 4.78 is 24.3.